The fourth-order valence-corrected chi connectivity index (χ4v) is 4.93. The number of amides is 1. The van der Waals surface area contributed by atoms with Crippen LogP contribution in [-0.4, -0.2) is 51.4 Å². The highest BCUT2D eigenvalue weighted by molar-refractivity contribution is 7.99. The van der Waals surface area contributed by atoms with Crippen LogP contribution in [0.5, 0.6) is 0 Å². The molecule has 1 aliphatic carbocycles. The van der Waals surface area contributed by atoms with Gasteiger partial charge in [0.05, 0.1) is 11.6 Å². The number of nitriles is 1. The fraction of sp³-hybridized carbons (Fsp3) is 0.545. The maximum absolute atomic E-state index is 13.3. The van der Waals surface area contributed by atoms with Gasteiger partial charge in [0.25, 0.3) is 5.91 Å². The van der Waals surface area contributed by atoms with Crippen LogP contribution in [0.25, 0.3) is 0 Å². The van der Waals surface area contributed by atoms with Crippen molar-refractivity contribution in [2.45, 2.75) is 56.4 Å². The molecule has 6 nitrogen and oxygen atoms in total. The number of carbonyl (C=O) groups excluding carboxylic acids is 1. The summed E-state index contributed by atoms with van der Waals surface area (Å²) in [7, 11) is 0. The van der Waals surface area contributed by atoms with Gasteiger partial charge in [-0.25, -0.2) is 9.99 Å². The summed E-state index contributed by atoms with van der Waals surface area (Å²) < 4.78 is 0. The molecule has 2 aliphatic rings. The predicted molar refractivity (Wildman–Crippen MR) is 124 cm³/mol. The standard InChI is InChI=1S/C22H29N5OS2/c23-12-4-5-17-30-20-19(10-6-13-24-20)21(28)26-15-7-16-27(26)22(29)25-14-11-18-8-2-1-3-9-18/h6,8,10,13H,1-5,7,9,11,14-17H2,(H,25,29). The second-order valence-electron chi connectivity index (χ2n) is 7.46. The SMILES string of the molecule is N#CCCCSc1ncccc1C(=O)N1CCCN1C(=S)NCCC1=CCCCC1. The van der Waals surface area contributed by atoms with Crippen LogP contribution < -0.4 is 5.32 Å². The number of thiocarbonyl (C=S) groups is 1. The van der Waals surface area contributed by atoms with Gasteiger partial charge in [0.1, 0.15) is 5.03 Å². The molecule has 0 unspecified atom stereocenters. The first-order chi connectivity index (χ1) is 14.7. The van der Waals surface area contributed by atoms with Crippen LogP contribution in [0, 0.1) is 11.3 Å². The number of nitrogens with one attached hydrogen (secondary N) is 1. The average Bonchev–Trinajstić information content (AvgIpc) is 3.27. The Bertz CT molecular complexity index is 820. The third kappa shape index (κ3) is 6.19. The Morgan fingerprint density at radius 2 is 2.17 bits per heavy atom. The van der Waals surface area contributed by atoms with E-state index in [0.717, 1.165) is 43.1 Å². The van der Waals surface area contributed by atoms with Crippen LogP contribution in [0.4, 0.5) is 0 Å². The van der Waals surface area contributed by atoms with Crippen molar-refractivity contribution in [3.8, 4) is 6.07 Å². The van der Waals surface area contributed by atoms with Gasteiger partial charge in [-0.15, -0.1) is 11.8 Å². The van der Waals surface area contributed by atoms with Crippen LogP contribution in [0.15, 0.2) is 35.0 Å². The zero-order chi connectivity index (χ0) is 21.2. The zero-order valence-corrected chi connectivity index (χ0v) is 18.9. The van der Waals surface area contributed by atoms with Crippen LogP contribution in [0.2, 0.25) is 0 Å². The highest BCUT2D eigenvalue weighted by Crippen LogP contribution is 2.25. The van der Waals surface area contributed by atoms with Crippen molar-refractivity contribution in [3.05, 3.63) is 35.5 Å². The topological polar surface area (TPSA) is 72.3 Å². The monoisotopic (exact) mass is 443 g/mol. The Morgan fingerprint density at radius 1 is 1.30 bits per heavy atom. The summed E-state index contributed by atoms with van der Waals surface area (Å²) in [5.74, 6) is 0.701. The molecular formula is C22H29N5OS2. The molecule has 0 bridgehead atoms. The van der Waals surface area contributed by atoms with E-state index in [9.17, 15) is 4.79 Å². The summed E-state index contributed by atoms with van der Waals surface area (Å²) >= 11 is 7.14. The molecule has 0 spiro atoms. The Morgan fingerprint density at radius 3 is 2.97 bits per heavy atom. The highest BCUT2D eigenvalue weighted by Gasteiger charge is 2.30. The second kappa shape index (κ2) is 11.9. The first kappa shape index (κ1) is 22.6. The first-order valence-electron chi connectivity index (χ1n) is 10.7. The molecular weight excluding hydrogens is 414 g/mol. The molecule has 2 heterocycles. The number of rotatable bonds is 8. The quantitative estimate of drug-likeness (QED) is 0.278. The van der Waals surface area contributed by atoms with Gasteiger partial charge in [0, 0.05) is 38.0 Å². The minimum Gasteiger partial charge on any atom is -0.361 e. The average molecular weight is 444 g/mol. The van der Waals surface area contributed by atoms with E-state index in [0.29, 0.717) is 23.6 Å². The largest absolute Gasteiger partial charge is 0.361 e. The van der Waals surface area contributed by atoms with Crippen molar-refractivity contribution < 1.29 is 4.79 Å². The number of allylic oxidation sites excluding steroid dienone is 1. The number of unbranched alkanes of at least 4 members (excludes halogenated alkanes) is 1. The van der Waals surface area contributed by atoms with Gasteiger partial charge in [0.15, 0.2) is 5.11 Å². The van der Waals surface area contributed by atoms with Crippen LogP contribution in [0.3, 0.4) is 0 Å². The summed E-state index contributed by atoms with van der Waals surface area (Å²) in [5.41, 5.74) is 2.11. The maximum atomic E-state index is 13.3. The maximum Gasteiger partial charge on any atom is 0.275 e. The third-order valence-corrected chi connectivity index (χ3v) is 6.73. The summed E-state index contributed by atoms with van der Waals surface area (Å²) in [6.07, 6.45) is 12.2. The van der Waals surface area contributed by atoms with E-state index in [-0.39, 0.29) is 5.91 Å². The number of nitrogens with zero attached hydrogens (tertiary/aromatic N) is 4. The summed E-state index contributed by atoms with van der Waals surface area (Å²) in [6.45, 7) is 2.19. The lowest BCUT2D eigenvalue weighted by atomic mass is 9.97. The molecule has 1 aromatic heterocycles. The van der Waals surface area contributed by atoms with Crippen molar-refractivity contribution in [2.75, 3.05) is 25.4 Å². The number of pyridine rings is 1. The fourth-order valence-electron chi connectivity index (χ4n) is 3.71. The van der Waals surface area contributed by atoms with E-state index in [2.05, 4.69) is 22.4 Å². The van der Waals surface area contributed by atoms with Crippen molar-refractivity contribution in [3.63, 3.8) is 0 Å². The van der Waals surface area contributed by atoms with E-state index in [1.54, 1.807) is 17.3 Å². The molecule has 30 heavy (non-hydrogen) atoms. The predicted octanol–water partition coefficient (Wildman–Crippen LogP) is 4.31. The number of hydrazine groups is 1. The number of hydrogen-bond donors (Lipinski definition) is 1. The number of hydrogen-bond acceptors (Lipinski definition) is 5. The van der Waals surface area contributed by atoms with Crippen LogP contribution in [-0.2, 0) is 0 Å². The molecule has 1 aromatic rings. The normalized spacial score (nSPS) is 16.2. The Hall–Kier alpha value is -2.11. The van der Waals surface area contributed by atoms with E-state index in [1.807, 2.05) is 11.1 Å². The van der Waals surface area contributed by atoms with Gasteiger partial charge >= 0.3 is 0 Å². The molecule has 0 atom stereocenters. The molecule has 1 aliphatic heterocycles. The summed E-state index contributed by atoms with van der Waals surface area (Å²) in [4.78, 5) is 17.7. The van der Waals surface area contributed by atoms with Crippen LogP contribution in [0.1, 0.15) is 61.7 Å². The van der Waals surface area contributed by atoms with E-state index in [4.69, 9.17) is 17.5 Å². The number of aromatic nitrogens is 1. The minimum absolute atomic E-state index is 0.0671. The van der Waals surface area contributed by atoms with Crippen LogP contribution >= 0.6 is 24.0 Å². The van der Waals surface area contributed by atoms with Crippen molar-refractivity contribution in [1.29, 1.82) is 5.26 Å². The zero-order valence-electron chi connectivity index (χ0n) is 17.3. The Labute approximate surface area is 188 Å². The van der Waals surface area contributed by atoms with Gasteiger partial charge in [-0.3, -0.25) is 9.80 Å². The molecule has 0 aromatic carbocycles. The van der Waals surface area contributed by atoms with Gasteiger partial charge in [-0.2, -0.15) is 5.26 Å². The second-order valence-corrected chi connectivity index (χ2v) is 8.93. The lowest BCUT2D eigenvalue weighted by Crippen LogP contribution is -2.49. The van der Waals surface area contributed by atoms with Gasteiger partial charge in [0.2, 0.25) is 0 Å². The van der Waals surface area contributed by atoms with Gasteiger partial charge in [-0.1, -0.05) is 11.6 Å². The molecule has 1 fully saturated rings. The number of carbonyl (C=O) groups is 1. The molecule has 8 heteroatoms. The summed E-state index contributed by atoms with van der Waals surface area (Å²) in [6, 6.07) is 5.77. The molecule has 0 saturated carbocycles. The minimum atomic E-state index is -0.0671. The van der Waals surface area contributed by atoms with Crippen molar-refractivity contribution >= 4 is 35.0 Å². The Kier molecular flexibility index (Phi) is 8.97. The molecule has 1 saturated heterocycles. The third-order valence-electron chi connectivity index (χ3n) is 5.28. The van der Waals surface area contributed by atoms with E-state index < -0.39 is 0 Å². The molecule has 1 amide bonds. The smallest absolute Gasteiger partial charge is 0.275 e. The lowest BCUT2D eigenvalue weighted by molar-refractivity contribution is 0.0487. The molecule has 160 valence electrons. The van der Waals surface area contributed by atoms with Gasteiger partial charge in [-0.05, 0) is 69.3 Å². The summed E-state index contributed by atoms with van der Waals surface area (Å²) in [5, 5.41) is 17.0. The van der Waals surface area contributed by atoms with E-state index in [1.165, 1.54) is 43.0 Å². The molecule has 1 N–H and O–H groups in total. The first-order valence-corrected chi connectivity index (χ1v) is 12.1. The highest BCUT2D eigenvalue weighted by atomic mass is 32.2. The lowest BCUT2D eigenvalue weighted by Gasteiger charge is -2.30. The van der Waals surface area contributed by atoms with Crippen molar-refractivity contribution in [2.24, 2.45) is 0 Å². The van der Waals surface area contributed by atoms with Crippen molar-refractivity contribution in [1.82, 2.24) is 20.3 Å². The van der Waals surface area contributed by atoms with E-state index >= 15 is 0 Å². The van der Waals surface area contributed by atoms with Gasteiger partial charge < -0.3 is 5.32 Å². The number of thioether (sulfide) groups is 1. The molecule has 0 radical (unpaired) electrons. The molecule has 3 rings (SSSR count). The Balaban J connectivity index is 1.58.